The maximum atomic E-state index is 13.0. The molecule has 1 aliphatic rings. The fourth-order valence-electron chi connectivity index (χ4n) is 1.86. The Morgan fingerprint density at radius 3 is 2.82 bits per heavy atom. The van der Waals surface area contributed by atoms with E-state index < -0.39 is 5.82 Å². The maximum Gasteiger partial charge on any atom is 0.258 e. The van der Waals surface area contributed by atoms with Crippen molar-refractivity contribution < 1.29 is 8.91 Å². The molecule has 1 fully saturated rings. The number of benzene rings is 1. The van der Waals surface area contributed by atoms with E-state index in [-0.39, 0.29) is 5.69 Å². The Kier molecular flexibility index (Phi) is 2.31. The van der Waals surface area contributed by atoms with Gasteiger partial charge in [-0.15, -0.1) is 0 Å². The summed E-state index contributed by atoms with van der Waals surface area (Å²) in [5.41, 5.74) is 6.24. The molecule has 1 aliphatic carbocycles. The van der Waals surface area contributed by atoms with Gasteiger partial charge in [-0.05, 0) is 31.0 Å². The van der Waals surface area contributed by atoms with Gasteiger partial charge in [0.1, 0.15) is 5.82 Å². The van der Waals surface area contributed by atoms with Gasteiger partial charge in [-0.2, -0.15) is 4.98 Å². The molecule has 0 amide bonds. The number of anilines is 1. The minimum atomic E-state index is -0.438. The predicted octanol–water partition coefficient (Wildman–Crippen LogP) is 2.73. The molecular weight excluding hydrogens is 221 g/mol. The molecule has 0 saturated heterocycles. The molecule has 1 aromatic heterocycles. The van der Waals surface area contributed by atoms with Crippen molar-refractivity contribution in [2.75, 3.05) is 5.73 Å². The van der Waals surface area contributed by atoms with E-state index in [1.807, 2.05) is 0 Å². The highest BCUT2D eigenvalue weighted by atomic mass is 19.1. The van der Waals surface area contributed by atoms with E-state index in [0.717, 1.165) is 18.7 Å². The first-order chi connectivity index (χ1) is 8.24. The van der Waals surface area contributed by atoms with Crippen molar-refractivity contribution in [3.8, 4) is 11.5 Å². The average molecular weight is 233 g/mol. The second-order valence-corrected chi connectivity index (χ2v) is 4.32. The van der Waals surface area contributed by atoms with Crippen LogP contribution in [0.3, 0.4) is 0 Å². The standard InChI is InChI=1S/C12H12FN3O/c13-9-5-4-8(6-10(9)14)12-15-11(16-17-12)7-2-1-3-7/h4-7H,1-3,14H2. The highest BCUT2D eigenvalue weighted by Crippen LogP contribution is 2.35. The summed E-state index contributed by atoms with van der Waals surface area (Å²) in [7, 11) is 0. The van der Waals surface area contributed by atoms with Gasteiger partial charge in [0.05, 0.1) is 5.69 Å². The minimum Gasteiger partial charge on any atom is -0.396 e. The molecule has 17 heavy (non-hydrogen) atoms. The van der Waals surface area contributed by atoms with Crippen molar-refractivity contribution in [2.24, 2.45) is 0 Å². The van der Waals surface area contributed by atoms with Crippen LogP contribution in [0.2, 0.25) is 0 Å². The second kappa shape index (κ2) is 3.84. The monoisotopic (exact) mass is 233 g/mol. The lowest BCUT2D eigenvalue weighted by molar-refractivity contribution is 0.366. The van der Waals surface area contributed by atoms with Crippen molar-refractivity contribution in [2.45, 2.75) is 25.2 Å². The smallest absolute Gasteiger partial charge is 0.258 e. The molecule has 0 unspecified atom stereocenters. The molecule has 0 bridgehead atoms. The Bertz CT molecular complexity index is 548. The molecule has 2 aromatic rings. The van der Waals surface area contributed by atoms with Gasteiger partial charge in [0.2, 0.25) is 0 Å². The summed E-state index contributed by atoms with van der Waals surface area (Å²) in [6, 6.07) is 4.40. The third kappa shape index (κ3) is 1.77. The topological polar surface area (TPSA) is 64.9 Å². The largest absolute Gasteiger partial charge is 0.396 e. The lowest BCUT2D eigenvalue weighted by atomic mass is 9.85. The number of nitrogens with two attached hydrogens (primary N) is 1. The highest BCUT2D eigenvalue weighted by Gasteiger charge is 2.24. The number of hydrogen-bond acceptors (Lipinski definition) is 4. The van der Waals surface area contributed by atoms with E-state index in [1.54, 1.807) is 6.07 Å². The predicted molar refractivity (Wildman–Crippen MR) is 60.7 cm³/mol. The number of nitrogens with zero attached hydrogens (tertiary/aromatic N) is 2. The summed E-state index contributed by atoms with van der Waals surface area (Å²) in [5.74, 6) is 1.13. The van der Waals surface area contributed by atoms with Gasteiger partial charge in [-0.25, -0.2) is 4.39 Å². The molecule has 1 aromatic carbocycles. The van der Waals surface area contributed by atoms with E-state index >= 15 is 0 Å². The maximum absolute atomic E-state index is 13.0. The normalized spacial score (nSPS) is 15.8. The SMILES string of the molecule is Nc1cc(-c2nc(C3CCC3)no2)ccc1F. The van der Waals surface area contributed by atoms with Crippen molar-refractivity contribution in [1.29, 1.82) is 0 Å². The van der Waals surface area contributed by atoms with Gasteiger partial charge in [-0.1, -0.05) is 11.6 Å². The number of aromatic nitrogens is 2. The van der Waals surface area contributed by atoms with Crippen LogP contribution in [0.1, 0.15) is 31.0 Å². The summed E-state index contributed by atoms with van der Waals surface area (Å²) in [4.78, 5) is 4.32. The fraction of sp³-hybridized carbons (Fsp3) is 0.333. The van der Waals surface area contributed by atoms with E-state index in [4.69, 9.17) is 10.3 Å². The van der Waals surface area contributed by atoms with Crippen LogP contribution in [-0.2, 0) is 0 Å². The zero-order valence-electron chi connectivity index (χ0n) is 9.19. The average Bonchev–Trinajstić information content (AvgIpc) is 2.69. The van der Waals surface area contributed by atoms with Gasteiger partial charge in [-0.3, -0.25) is 0 Å². The van der Waals surface area contributed by atoms with Crippen LogP contribution < -0.4 is 5.73 Å². The van der Waals surface area contributed by atoms with E-state index in [0.29, 0.717) is 17.4 Å². The zero-order chi connectivity index (χ0) is 11.8. The molecule has 3 rings (SSSR count). The first-order valence-electron chi connectivity index (χ1n) is 5.63. The Labute approximate surface area is 97.6 Å². The van der Waals surface area contributed by atoms with E-state index in [9.17, 15) is 4.39 Å². The highest BCUT2D eigenvalue weighted by molar-refractivity contribution is 5.60. The van der Waals surface area contributed by atoms with Crippen LogP contribution in [0.15, 0.2) is 22.7 Å². The van der Waals surface area contributed by atoms with Crippen LogP contribution in [0.4, 0.5) is 10.1 Å². The van der Waals surface area contributed by atoms with Crippen LogP contribution in [-0.4, -0.2) is 10.1 Å². The van der Waals surface area contributed by atoms with Gasteiger partial charge < -0.3 is 10.3 Å². The third-order valence-corrected chi connectivity index (χ3v) is 3.16. The number of halogens is 1. The molecule has 0 spiro atoms. The summed E-state index contributed by atoms with van der Waals surface area (Å²) >= 11 is 0. The number of nitrogen functional groups attached to an aromatic ring is 1. The van der Waals surface area contributed by atoms with Crippen molar-refractivity contribution in [3.05, 3.63) is 29.8 Å². The van der Waals surface area contributed by atoms with Gasteiger partial charge in [0, 0.05) is 11.5 Å². The Balaban J connectivity index is 1.92. The zero-order valence-corrected chi connectivity index (χ0v) is 9.19. The molecule has 5 heteroatoms. The quantitative estimate of drug-likeness (QED) is 0.810. The first-order valence-corrected chi connectivity index (χ1v) is 5.63. The van der Waals surface area contributed by atoms with E-state index in [2.05, 4.69) is 10.1 Å². The van der Waals surface area contributed by atoms with Gasteiger partial charge >= 0.3 is 0 Å². The molecular formula is C12H12FN3O. The number of hydrogen-bond donors (Lipinski definition) is 1. The minimum absolute atomic E-state index is 0.0888. The fourth-order valence-corrected chi connectivity index (χ4v) is 1.86. The molecule has 1 saturated carbocycles. The summed E-state index contributed by atoms with van der Waals surface area (Å²) in [6.07, 6.45) is 3.45. The summed E-state index contributed by atoms with van der Waals surface area (Å²) in [6.45, 7) is 0. The molecule has 2 N–H and O–H groups in total. The molecule has 0 radical (unpaired) electrons. The van der Waals surface area contributed by atoms with Crippen LogP contribution in [0.25, 0.3) is 11.5 Å². The van der Waals surface area contributed by atoms with Gasteiger partial charge in [0.25, 0.3) is 5.89 Å². The van der Waals surface area contributed by atoms with Crippen LogP contribution in [0, 0.1) is 5.82 Å². The summed E-state index contributed by atoms with van der Waals surface area (Å²) < 4.78 is 18.2. The van der Waals surface area contributed by atoms with E-state index in [1.165, 1.54) is 18.6 Å². The molecule has 4 nitrogen and oxygen atoms in total. The number of rotatable bonds is 2. The molecule has 1 heterocycles. The van der Waals surface area contributed by atoms with Crippen molar-refractivity contribution in [3.63, 3.8) is 0 Å². The molecule has 0 atom stereocenters. The Morgan fingerprint density at radius 1 is 1.35 bits per heavy atom. The molecule has 88 valence electrons. The first kappa shape index (κ1) is 10.3. The lowest BCUT2D eigenvalue weighted by Crippen LogP contribution is -2.10. The summed E-state index contributed by atoms with van der Waals surface area (Å²) in [5, 5.41) is 3.95. The van der Waals surface area contributed by atoms with Crippen LogP contribution >= 0.6 is 0 Å². The van der Waals surface area contributed by atoms with Gasteiger partial charge in [0.15, 0.2) is 5.82 Å². The Morgan fingerprint density at radius 2 is 2.18 bits per heavy atom. The van der Waals surface area contributed by atoms with Crippen molar-refractivity contribution in [1.82, 2.24) is 10.1 Å². The lowest BCUT2D eigenvalue weighted by Gasteiger charge is -2.20. The second-order valence-electron chi connectivity index (χ2n) is 4.32. The van der Waals surface area contributed by atoms with Crippen molar-refractivity contribution >= 4 is 5.69 Å². The molecule has 0 aliphatic heterocycles. The van der Waals surface area contributed by atoms with Crippen LogP contribution in [0.5, 0.6) is 0 Å². The third-order valence-electron chi connectivity index (χ3n) is 3.16. The Hall–Kier alpha value is -1.91.